The van der Waals surface area contributed by atoms with Crippen LogP contribution < -0.4 is 0 Å². The van der Waals surface area contributed by atoms with E-state index in [0.717, 1.165) is 141 Å². The molecular formula is C61H105NO9. The summed E-state index contributed by atoms with van der Waals surface area (Å²) in [5, 5.41) is 0. The van der Waals surface area contributed by atoms with Crippen LogP contribution in [0.15, 0.2) is 72.9 Å². The lowest BCUT2D eigenvalue weighted by molar-refractivity contribution is -0.167. The van der Waals surface area contributed by atoms with Crippen molar-refractivity contribution in [2.24, 2.45) is 0 Å². The molecule has 0 heterocycles. The molecule has 0 aliphatic heterocycles. The molecule has 10 nitrogen and oxygen atoms in total. The number of hydrogen-bond donors (Lipinski definition) is 0. The fraction of sp³-hybridized carbons (Fsp3) is 0.738. The van der Waals surface area contributed by atoms with Crippen molar-refractivity contribution >= 4 is 24.1 Å². The third-order valence-corrected chi connectivity index (χ3v) is 12.0. The first-order valence-corrected chi connectivity index (χ1v) is 28.6. The van der Waals surface area contributed by atoms with E-state index in [4.69, 9.17) is 23.7 Å². The van der Waals surface area contributed by atoms with Crippen molar-refractivity contribution in [1.82, 2.24) is 4.90 Å². The molecule has 0 amide bonds. The topological polar surface area (TPSA) is 118 Å². The Kier molecular flexibility index (Phi) is 50.9. The zero-order valence-electron chi connectivity index (χ0n) is 46.1. The number of rotatable bonds is 50. The number of ether oxygens (including phenoxy) is 5. The summed E-state index contributed by atoms with van der Waals surface area (Å²) in [6.07, 6.45) is 56.4. The molecule has 408 valence electrons. The molecule has 0 N–H and O–H groups in total. The zero-order chi connectivity index (χ0) is 51.9. The van der Waals surface area contributed by atoms with Gasteiger partial charge < -0.3 is 28.6 Å². The van der Waals surface area contributed by atoms with Crippen LogP contribution in [0.1, 0.15) is 239 Å². The minimum absolute atomic E-state index is 0.0116. The van der Waals surface area contributed by atoms with E-state index in [1.165, 1.54) is 44.9 Å². The maximum Gasteiger partial charge on any atom is 0.508 e. The van der Waals surface area contributed by atoms with Crippen LogP contribution in [0, 0.1) is 0 Å². The van der Waals surface area contributed by atoms with Gasteiger partial charge in [0, 0.05) is 25.8 Å². The fourth-order valence-electron chi connectivity index (χ4n) is 7.76. The van der Waals surface area contributed by atoms with Crippen LogP contribution in [0.5, 0.6) is 0 Å². The quantitative estimate of drug-likeness (QED) is 0.0252. The Morgan fingerprint density at radius 3 is 1.28 bits per heavy atom. The Morgan fingerprint density at radius 1 is 0.394 bits per heavy atom. The molecule has 71 heavy (non-hydrogen) atoms. The van der Waals surface area contributed by atoms with Gasteiger partial charge in [-0.15, -0.1) is 0 Å². The lowest BCUT2D eigenvalue weighted by Gasteiger charge is -2.20. The van der Waals surface area contributed by atoms with E-state index in [-0.39, 0.29) is 57.4 Å². The molecule has 0 fully saturated rings. The Bertz CT molecular complexity index is 1360. The normalized spacial score (nSPS) is 12.9. The molecule has 0 rings (SSSR count). The van der Waals surface area contributed by atoms with Crippen molar-refractivity contribution in [3.05, 3.63) is 72.9 Å². The van der Waals surface area contributed by atoms with Crippen LogP contribution in [0.25, 0.3) is 0 Å². The predicted molar refractivity (Wildman–Crippen MR) is 295 cm³/mol. The summed E-state index contributed by atoms with van der Waals surface area (Å²) in [5.41, 5.74) is 0. The molecule has 0 aliphatic carbocycles. The van der Waals surface area contributed by atoms with Crippen molar-refractivity contribution in [2.75, 3.05) is 40.5 Å². The molecule has 0 aromatic carbocycles. The molecule has 0 spiro atoms. The standard InChI is InChI=1S/C61H105NO9/c1-6-9-12-15-18-21-24-26-28-30-32-35-38-41-44-48-58(63)68-54-57(55-69-59(64)49-45-42-39-36-33-31-29-27-25-22-19-16-13-10-7-2)70-60(65)51-50-56(71-61(66)67-53-46-52-62(4)5)47-43-40-37-34-23-20-17-14-11-8-3/h9-10,12-13,18-19,21-22,26-29,56-57H,6-8,11,14-17,20,23-25,30-55H2,1-5H3/b12-9-,13-10?,21-18-,22-19?,28-26-,29-27?. The van der Waals surface area contributed by atoms with Gasteiger partial charge in [-0.05, 0) is 117 Å². The van der Waals surface area contributed by atoms with Gasteiger partial charge in [-0.25, -0.2) is 4.79 Å². The van der Waals surface area contributed by atoms with Crippen molar-refractivity contribution in [1.29, 1.82) is 0 Å². The van der Waals surface area contributed by atoms with Gasteiger partial charge in [-0.1, -0.05) is 190 Å². The second kappa shape index (κ2) is 53.9. The monoisotopic (exact) mass is 996 g/mol. The van der Waals surface area contributed by atoms with Crippen LogP contribution in [0.4, 0.5) is 4.79 Å². The van der Waals surface area contributed by atoms with Gasteiger partial charge in [-0.3, -0.25) is 14.4 Å². The molecule has 0 saturated heterocycles. The van der Waals surface area contributed by atoms with E-state index in [1.54, 1.807) is 0 Å². The maximum absolute atomic E-state index is 13.3. The summed E-state index contributed by atoms with van der Waals surface area (Å²) in [7, 11) is 3.93. The summed E-state index contributed by atoms with van der Waals surface area (Å²) in [5.74, 6) is -1.26. The second-order valence-electron chi connectivity index (χ2n) is 19.2. The van der Waals surface area contributed by atoms with E-state index in [9.17, 15) is 19.2 Å². The number of allylic oxidation sites excluding steroid dienone is 12. The molecule has 10 heteroatoms. The SMILES string of the molecule is CCC=CCC=CCC=CCCCCCCCC(=O)OCC(COC(=O)CCCCCCC/C=C\C/C=C\C/C=C\CC)OC(=O)CCC(CCCCCCCCCCCC)OC(=O)OCCCN(C)C. The van der Waals surface area contributed by atoms with Gasteiger partial charge in [0.05, 0.1) is 6.61 Å². The first kappa shape index (κ1) is 67.1. The van der Waals surface area contributed by atoms with Crippen LogP contribution in [-0.4, -0.2) is 81.6 Å². The third kappa shape index (κ3) is 52.2. The second-order valence-corrected chi connectivity index (χ2v) is 19.2. The molecule has 0 saturated carbocycles. The lowest BCUT2D eigenvalue weighted by Crippen LogP contribution is -2.31. The van der Waals surface area contributed by atoms with E-state index >= 15 is 0 Å². The van der Waals surface area contributed by atoms with Gasteiger partial charge in [-0.2, -0.15) is 0 Å². The van der Waals surface area contributed by atoms with Crippen LogP contribution in [0.2, 0.25) is 0 Å². The van der Waals surface area contributed by atoms with Crippen LogP contribution in [0.3, 0.4) is 0 Å². The van der Waals surface area contributed by atoms with Crippen molar-refractivity contribution in [2.45, 2.75) is 251 Å². The summed E-state index contributed by atoms with van der Waals surface area (Å²) in [6, 6.07) is 0. The Balaban J connectivity index is 5.09. The average molecular weight is 997 g/mol. The largest absolute Gasteiger partial charge is 0.508 e. The van der Waals surface area contributed by atoms with Gasteiger partial charge in [0.2, 0.25) is 0 Å². The number of carbonyl (C=O) groups excluding carboxylic acids is 4. The van der Waals surface area contributed by atoms with Gasteiger partial charge in [0.15, 0.2) is 6.10 Å². The van der Waals surface area contributed by atoms with Gasteiger partial charge in [0.1, 0.15) is 19.3 Å². The van der Waals surface area contributed by atoms with Gasteiger partial charge in [0.25, 0.3) is 0 Å². The Labute approximate surface area is 434 Å². The minimum atomic E-state index is -0.943. The molecule has 0 aliphatic rings. The highest BCUT2D eigenvalue weighted by atomic mass is 16.7. The van der Waals surface area contributed by atoms with E-state index in [1.807, 2.05) is 19.0 Å². The van der Waals surface area contributed by atoms with Gasteiger partial charge >= 0.3 is 24.1 Å². The summed E-state index contributed by atoms with van der Waals surface area (Å²) in [6.45, 7) is 7.16. The number of hydrogen-bond acceptors (Lipinski definition) is 10. The van der Waals surface area contributed by atoms with Crippen molar-refractivity contribution < 1.29 is 42.9 Å². The molecule has 2 atom stereocenters. The Morgan fingerprint density at radius 2 is 0.817 bits per heavy atom. The highest BCUT2D eigenvalue weighted by molar-refractivity contribution is 5.71. The fourth-order valence-corrected chi connectivity index (χ4v) is 7.76. The molecular weight excluding hydrogens is 891 g/mol. The number of carbonyl (C=O) groups is 4. The van der Waals surface area contributed by atoms with Crippen molar-refractivity contribution in [3.63, 3.8) is 0 Å². The highest BCUT2D eigenvalue weighted by Gasteiger charge is 2.22. The number of nitrogens with zero attached hydrogens (tertiary/aromatic N) is 1. The van der Waals surface area contributed by atoms with E-state index in [2.05, 4.69) is 93.7 Å². The third-order valence-electron chi connectivity index (χ3n) is 12.0. The highest BCUT2D eigenvalue weighted by Crippen LogP contribution is 2.18. The molecule has 0 radical (unpaired) electrons. The molecule has 0 aromatic rings. The Hall–Kier alpha value is -3.92. The first-order chi connectivity index (χ1) is 34.7. The van der Waals surface area contributed by atoms with Crippen LogP contribution in [-0.2, 0) is 38.1 Å². The average Bonchev–Trinajstić information content (AvgIpc) is 3.35. The predicted octanol–water partition coefficient (Wildman–Crippen LogP) is 16.7. The lowest BCUT2D eigenvalue weighted by atomic mass is 10.0. The number of unbranched alkanes of at least 4 members (excludes halogenated alkanes) is 19. The maximum atomic E-state index is 13.3. The van der Waals surface area contributed by atoms with E-state index in [0.29, 0.717) is 12.8 Å². The zero-order valence-corrected chi connectivity index (χ0v) is 46.1. The van der Waals surface area contributed by atoms with E-state index < -0.39 is 24.3 Å². The van der Waals surface area contributed by atoms with Crippen LogP contribution >= 0.6 is 0 Å². The molecule has 0 bridgehead atoms. The summed E-state index contributed by atoms with van der Waals surface area (Å²) >= 11 is 0. The molecule has 2 unspecified atom stereocenters. The first-order valence-electron chi connectivity index (χ1n) is 28.6. The molecule has 0 aromatic heterocycles. The smallest absolute Gasteiger partial charge is 0.462 e. The van der Waals surface area contributed by atoms with Crippen molar-refractivity contribution in [3.8, 4) is 0 Å². The summed E-state index contributed by atoms with van der Waals surface area (Å²) in [4.78, 5) is 53.6. The number of esters is 3. The minimum Gasteiger partial charge on any atom is -0.462 e. The summed E-state index contributed by atoms with van der Waals surface area (Å²) < 4.78 is 28.0.